The first-order valence-corrected chi connectivity index (χ1v) is 5.96. The number of aliphatic hydroxyl groups is 1. The third-order valence-corrected chi connectivity index (χ3v) is 2.98. The van der Waals surface area contributed by atoms with Gasteiger partial charge in [-0.05, 0) is 12.1 Å². The van der Waals surface area contributed by atoms with Crippen LogP contribution in [0.3, 0.4) is 0 Å². The van der Waals surface area contributed by atoms with Crippen LogP contribution in [0.5, 0.6) is 10.9 Å². The van der Waals surface area contributed by atoms with Crippen molar-refractivity contribution in [3.05, 3.63) is 33.2 Å². The van der Waals surface area contributed by atoms with Crippen molar-refractivity contribution >= 4 is 27.3 Å². The van der Waals surface area contributed by atoms with Gasteiger partial charge in [0.1, 0.15) is 5.01 Å². The molecule has 1 N–H and O–H groups in total. The first kappa shape index (κ1) is 12.3. The lowest BCUT2D eigenvalue weighted by atomic mass is 10.3. The molecule has 0 atom stereocenters. The van der Waals surface area contributed by atoms with Crippen molar-refractivity contribution in [3.63, 3.8) is 0 Å². The van der Waals surface area contributed by atoms with Gasteiger partial charge in [0.05, 0.1) is 6.61 Å². The number of aromatic nitrogens is 2. The first-order valence-electron chi connectivity index (χ1n) is 4.36. The van der Waals surface area contributed by atoms with E-state index in [4.69, 9.17) is 9.84 Å². The van der Waals surface area contributed by atoms with Crippen LogP contribution in [0.4, 0.5) is 8.78 Å². The Morgan fingerprint density at radius 3 is 2.76 bits per heavy atom. The van der Waals surface area contributed by atoms with Crippen LogP contribution in [0.1, 0.15) is 5.01 Å². The lowest BCUT2D eigenvalue weighted by Gasteiger charge is -2.03. The molecular weight excluding hydrogens is 318 g/mol. The lowest BCUT2D eigenvalue weighted by molar-refractivity contribution is 0.280. The topological polar surface area (TPSA) is 55.2 Å². The van der Waals surface area contributed by atoms with Crippen molar-refractivity contribution in [1.82, 2.24) is 10.2 Å². The van der Waals surface area contributed by atoms with Gasteiger partial charge in [0, 0.05) is 4.47 Å². The van der Waals surface area contributed by atoms with E-state index in [-0.39, 0.29) is 17.6 Å². The number of halogens is 3. The van der Waals surface area contributed by atoms with Gasteiger partial charge >= 0.3 is 0 Å². The van der Waals surface area contributed by atoms with E-state index in [1.807, 2.05) is 0 Å². The molecule has 4 nitrogen and oxygen atoms in total. The normalized spacial score (nSPS) is 10.6. The van der Waals surface area contributed by atoms with Gasteiger partial charge in [-0.1, -0.05) is 32.4 Å². The van der Waals surface area contributed by atoms with E-state index in [1.54, 1.807) is 0 Å². The van der Waals surface area contributed by atoms with Crippen molar-refractivity contribution in [2.24, 2.45) is 0 Å². The van der Waals surface area contributed by atoms with Crippen LogP contribution >= 0.6 is 27.3 Å². The maximum absolute atomic E-state index is 13.3. The Bertz CT molecular complexity index is 550. The Balaban J connectivity index is 2.29. The van der Waals surface area contributed by atoms with Crippen LogP contribution in [0, 0.1) is 11.6 Å². The van der Waals surface area contributed by atoms with E-state index in [1.165, 1.54) is 6.07 Å². The number of benzene rings is 1. The second-order valence-electron chi connectivity index (χ2n) is 2.92. The molecule has 0 amide bonds. The quantitative estimate of drug-likeness (QED) is 0.883. The van der Waals surface area contributed by atoms with E-state index in [0.29, 0.717) is 9.48 Å². The standard InChI is InChI=1S/C9H5BrF2N2O2S/c10-4-1-5(11)8(12)6(2-4)16-9-14-13-7(3-15)17-9/h1-2,15H,3H2. The Morgan fingerprint density at radius 1 is 1.35 bits per heavy atom. The smallest absolute Gasteiger partial charge is 0.299 e. The average molecular weight is 323 g/mol. The summed E-state index contributed by atoms with van der Waals surface area (Å²) >= 11 is 3.97. The number of nitrogens with zero attached hydrogens (tertiary/aromatic N) is 2. The molecular formula is C9H5BrF2N2O2S. The summed E-state index contributed by atoms with van der Waals surface area (Å²) in [5, 5.41) is 16.3. The number of ether oxygens (including phenoxy) is 1. The maximum atomic E-state index is 13.3. The largest absolute Gasteiger partial charge is 0.426 e. The number of aliphatic hydroxyl groups excluding tert-OH is 1. The molecule has 0 unspecified atom stereocenters. The molecule has 0 bridgehead atoms. The molecule has 8 heteroatoms. The molecule has 0 spiro atoms. The molecule has 2 rings (SSSR count). The second-order valence-corrected chi connectivity index (χ2v) is 4.86. The van der Waals surface area contributed by atoms with Gasteiger partial charge in [-0.15, -0.1) is 5.10 Å². The van der Waals surface area contributed by atoms with Gasteiger partial charge in [-0.25, -0.2) is 4.39 Å². The highest BCUT2D eigenvalue weighted by Gasteiger charge is 2.14. The fourth-order valence-corrected chi connectivity index (χ4v) is 2.01. The Labute approximate surface area is 107 Å². The van der Waals surface area contributed by atoms with Crippen molar-refractivity contribution in [2.75, 3.05) is 0 Å². The summed E-state index contributed by atoms with van der Waals surface area (Å²) in [6, 6.07) is 2.26. The third-order valence-electron chi connectivity index (χ3n) is 1.74. The highest BCUT2D eigenvalue weighted by atomic mass is 79.9. The molecule has 0 fully saturated rings. The summed E-state index contributed by atoms with van der Waals surface area (Å²) in [7, 11) is 0. The van der Waals surface area contributed by atoms with Crippen LogP contribution in [0.15, 0.2) is 16.6 Å². The van der Waals surface area contributed by atoms with Crippen molar-refractivity contribution in [3.8, 4) is 10.9 Å². The predicted molar refractivity (Wildman–Crippen MR) is 60.0 cm³/mol. The van der Waals surface area contributed by atoms with Crippen molar-refractivity contribution in [1.29, 1.82) is 0 Å². The molecule has 0 saturated heterocycles. The minimum Gasteiger partial charge on any atom is -0.426 e. The van der Waals surface area contributed by atoms with Crippen LogP contribution in [-0.2, 0) is 6.61 Å². The highest BCUT2D eigenvalue weighted by Crippen LogP contribution is 2.30. The molecule has 1 heterocycles. The third kappa shape index (κ3) is 2.76. The minimum absolute atomic E-state index is 0.0328. The summed E-state index contributed by atoms with van der Waals surface area (Å²) in [5.41, 5.74) is 0. The molecule has 1 aromatic heterocycles. The molecule has 2 aromatic rings. The minimum atomic E-state index is -1.10. The summed E-state index contributed by atoms with van der Waals surface area (Å²) in [4.78, 5) is 0. The van der Waals surface area contributed by atoms with Crippen LogP contribution in [0.2, 0.25) is 0 Å². The van der Waals surface area contributed by atoms with Gasteiger partial charge in [0.15, 0.2) is 11.6 Å². The molecule has 0 aliphatic carbocycles. The predicted octanol–water partition coefficient (Wildman–Crippen LogP) is 2.86. The number of hydrogen-bond acceptors (Lipinski definition) is 5. The van der Waals surface area contributed by atoms with Crippen LogP contribution in [-0.4, -0.2) is 15.3 Å². The molecule has 0 aliphatic rings. The summed E-state index contributed by atoms with van der Waals surface area (Å²) < 4.78 is 31.8. The van der Waals surface area contributed by atoms with Gasteiger partial charge in [0.2, 0.25) is 5.82 Å². The van der Waals surface area contributed by atoms with E-state index in [0.717, 1.165) is 17.4 Å². The number of hydrogen-bond donors (Lipinski definition) is 1. The van der Waals surface area contributed by atoms with E-state index in [9.17, 15) is 8.78 Å². The van der Waals surface area contributed by atoms with Gasteiger partial charge in [-0.2, -0.15) is 4.39 Å². The fraction of sp³-hybridized carbons (Fsp3) is 0.111. The molecule has 0 radical (unpaired) electrons. The average Bonchev–Trinajstić information content (AvgIpc) is 2.73. The van der Waals surface area contributed by atoms with Gasteiger partial charge < -0.3 is 9.84 Å². The van der Waals surface area contributed by atoms with Crippen molar-refractivity contribution < 1.29 is 18.6 Å². The molecule has 90 valence electrons. The highest BCUT2D eigenvalue weighted by molar-refractivity contribution is 9.10. The van der Waals surface area contributed by atoms with Crippen LogP contribution in [0.25, 0.3) is 0 Å². The van der Waals surface area contributed by atoms with E-state index >= 15 is 0 Å². The zero-order valence-corrected chi connectivity index (χ0v) is 10.6. The van der Waals surface area contributed by atoms with E-state index < -0.39 is 11.6 Å². The Hall–Kier alpha value is -1.12. The lowest BCUT2D eigenvalue weighted by Crippen LogP contribution is -1.92. The zero-order valence-electron chi connectivity index (χ0n) is 8.15. The van der Waals surface area contributed by atoms with Crippen molar-refractivity contribution in [2.45, 2.75) is 6.61 Å². The SMILES string of the molecule is OCc1nnc(Oc2cc(Br)cc(F)c2F)s1. The van der Waals surface area contributed by atoms with E-state index in [2.05, 4.69) is 26.1 Å². The molecule has 0 aliphatic heterocycles. The zero-order chi connectivity index (χ0) is 12.4. The summed E-state index contributed by atoms with van der Waals surface area (Å²) in [6.45, 7) is -0.281. The first-order chi connectivity index (χ1) is 8.10. The molecule has 1 aromatic carbocycles. The molecule has 17 heavy (non-hydrogen) atoms. The van der Waals surface area contributed by atoms with Gasteiger partial charge in [-0.3, -0.25) is 0 Å². The number of rotatable bonds is 3. The van der Waals surface area contributed by atoms with Crippen LogP contribution < -0.4 is 4.74 Å². The summed E-state index contributed by atoms with van der Waals surface area (Å²) in [6.07, 6.45) is 0. The monoisotopic (exact) mass is 322 g/mol. The second kappa shape index (κ2) is 5.03. The Kier molecular flexibility index (Phi) is 3.65. The Morgan fingerprint density at radius 2 is 2.12 bits per heavy atom. The fourth-order valence-electron chi connectivity index (χ4n) is 1.04. The molecule has 0 saturated carbocycles. The summed E-state index contributed by atoms with van der Waals surface area (Å²) in [5.74, 6) is -2.42. The maximum Gasteiger partial charge on any atom is 0.299 e. The van der Waals surface area contributed by atoms with Gasteiger partial charge in [0.25, 0.3) is 5.19 Å².